The van der Waals surface area contributed by atoms with E-state index in [-0.39, 0.29) is 23.0 Å². The van der Waals surface area contributed by atoms with E-state index in [0.29, 0.717) is 19.6 Å². The minimum Gasteiger partial charge on any atom is -0.381 e. The highest BCUT2D eigenvalue weighted by atomic mass is 16.5. The summed E-state index contributed by atoms with van der Waals surface area (Å²) < 4.78 is 10.7. The molecule has 100 valence electrons. The van der Waals surface area contributed by atoms with E-state index < -0.39 is 0 Å². The summed E-state index contributed by atoms with van der Waals surface area (Å²) in [5.41, 5.74) is -0.159. The largest absolute Gasteiger partial charge is 0.381 e. The summed E-state index contributed by atoms with van der Waals surface area (Å²) in [4.78, 5) is 11.7. The third-order valence-corrected chi connectivity index (χ3v) is 4.29. The molecule has 1 rings (SSSR count). The number of carbonyl (C=O) groups is 1. The van der Waals surface area contributed by atoms with Crippen LogP contribution < -0.4 is 5.32 Å². The molecule has 0 aromatic carbocycles. The average molecular weight is 243 g/mol. The Morgan fingerprint density at radius 2 is 2.06 bits per heavy atom. The summed E-state index contributed by atoms with van der Waals surface area (Å²) in [6.45, 7) is 9.44. The van der Waals surface area contributed by atoms with E-state index >= 15 is 0 Å². The van der Waals surface area contributed by atoms with Gasteiger partial charge in [-0.1, -0.05) is 13.8 Å². The lowest BCUT2D eigenvalue weighted by molar-refractivity contribution is -0.182. The highest BCUT2D eigenvalue weighted by Gasteiger charge is 2.58. The van der Waals surface area contributed by atoms with Gasteiger partial charge in [0.1, 0.15) is 0 Å². The first-order valence-electron chi connectivity index (χ1n) is 6.29. The third-order valence-electron chi connectivity index (χ3n) is 4.29. The minimum absolute atomic E-state index is 0.0248. The number of methoxy groups -OCH3 is 1. The van der Waals surface area contributed by atoms with Crippen molar-refractivity contribution in [2.24, 2.45) is 5.41 Å². The highest BCUT2D eigenvalue weighted by molar-refractivity contribution is 5.76. The summed E-state index contributed by atoms with van der Waals surface area (Å²) in [5.74, 6) is 0.0645. The standard InChI is InChI=1S/C13H25NO3/c1-6-17-8-7-11(15)14-10-9-13(4,16-5)12(10,2)3/h10H,6-9H2,1-5H3,(H,14,15)/t10-,13+/m0/s1. The number of hydrogen-bond acceptors (Lipinski definition) is 3. The fourth-order valence-corrected chi connectivity index (χ4v) is 2.30. The molecule has 1 aliphatic carbocycles. The zero-order chi connectivity index (χ0) is 13.1. The molecule has 0 saturated heterocycles. The molecule has 17 heavy (non-hydrogen) atoms. The van der Waals surface area contributed by atoms with Gasteiger partial charge in [-0.25, -0.2) is 0 Å². The van der Waals surface area contributed by atoms with Gasteiger partial charge in [0.25, 0.3) is 0 Å². The van der Waals surface area contributed by atoms with Crippen molar-refractivity contribution in [1.29, 1.82) is 0 Å². The van der Waals surface area contributed by atoms with E-state index in [4.69, 9.17) is 9.47 Å². The zero-order valence-corrected chi connectivity index (χ0v) is 11.6. The van der Waals surface area contributed by atoms with Crippen molar-refractivity contribution in [2.45, 2.75) is 52.2 Å². The van der Waals surface area contributed by atoms with E-state index in [2.05, 4.69) is 26.1 Å². The molecular formula is C13H25NO3. The molecule has 4 heteroatoms. The lowest BCUT2D eigenvalue weighted by Gasteiger charge is -2.59. The van der Waals surface area contributed by atoms with E-state index in [0.717, 1.165) is 6.42 Å². The first-order chi connectivity index (χ1) is 7.87. The molecule has 1 amide bonds. The Morgan fingerprint density at radius 3 is 2.53 bits per heavy atom. The predicted molar refractivity (Wildman–Crippen MR) is 66.9 cm³/mol. The summed E-state index contributed by atoms with van der Waals surface area (Å²) in [7, 11) is 1.73. The molecule has 1 aliphatic rings. The van der Waals surface area contributed by atoms with E-state index in [1.165, 1.54) is 0 Å². The monoisotopic (exact) mass is 243 g/mol. The molecule has 2 atom stereocenters. The quantitative estimate of drug-likeness (QED) is 0.723. The van der Waals surface area contributed by atoms with Crippen molar-refractivity contribution >= 4 is 5.91 Å². The molecule has 0 radical (unpaired) electrons. The van der Waals surface area contributed by atoms with Crippen LogP contribution in [0.5, 0.6) is 0 Å². The van der Waals surface area contributed by atoms with Gasteiger partial charge >= 0.3 is 0 Å². The van der Waals surface area contributed by atoms with Gasteiger partial charge in [0.15, 0.2) is 0 Å². The Balaban J connectivity index is 2.37. The van der Waals surface area contributed by atoms with Crippen molar-refractivity contribution in [1.82, 2.24) is 5.32 Å². The number of nitrogens with one attached hydrogen (secondary N) is 1. The van der Waals surface area contributed by atoms with Gasteiger partial charge in [0.05, 0.1) is 12.2 Å². The molecule has 4 nitrogen and oxygen atoms in total. The van der Waals surface area contributed by atoms with Crippen LogP contribution >= 0.6 is 0 Å². The molecule has 0 unspecified atom stereocenters. The van der Waals surface area contributed by atoms with Crippen LogP contribution in [0.25, 0.3) is 0 Å². The Kier molecular flexibility index (Phi) is 4.55. The van der Waals surface area contributed by atoms with Crippen LogP contribution in [0, 0.1) is 5.41 Å². The summed E-state index contributed by atoms with van der Waals surface area (Å²) in [5, 5.41) is 3.06. The Morgan fingerprint density at radius 1 is 1.41 bits per heavy atom. The number of rotatable bonds is 6. The van der Waals surface area contributed by atoms with Gasteiger partial charge in [-0.3, -0.25) is 4.79 Å². The normalized spacial score (nSPS) is 30.8. The topological polar surface area (TPSA) is 47.6 Å². The van der Waals surface area contributed by atoms with Crippen molar-refractivity contribution in [3.8, 4) is 0 Å². The van der Waals surface area contributed by atoms with Crippen LogP contribution in [-0.4, -0.2) is 37.9 Å². The minimum atomic E-state index is -0.134. The molecule has 1 fully saturated rings. The molecule has 0 spiro atoms. The van der Waals surface area contributed by atoms with Crippen molar-refractivity contribution in [3.63, 3.8) is 0 Å². The van der Waals surface area contributed by atoms with Crippen LogP contribution in [0.2, 0.25) is 0 Å². The number of carbonyl (C=O) groups excluding carboxylic acids is 1. The van der Waals surface area contributed by atoms with E-state index in [1.807, 2.05) is 6.92 Å². The molecule has 1 saturated carbocycles. The van der Waals surface area contributed by atoms with E-state index in [1.54, 1.807) is 7.11 Å². The van der Waals surface area contributed by atoms with Crippen LogP contribution in [0.3, 0.4) is 0 Å². The first-order valence-corrected chi connectivity index (χ1v) is 6.29. The van der Waals surface area contributed by atoms with Crippen molar-refractivity contribution in [2.75, 3.05) is 20.3 Å². The molecule has 0 aliphatic heterocycles. The van der Waals surface area contributed by atoms with Gasteiger partial charge in [0, 0.05) is 31.6 Å². The number of hydrogen-bond donors (Lipinski definition) is 1. The SMILES string of the molecule is CCOCCC(=O)N[C@H]1C[C@@](C)(OC)C1(C)C. The molecule has 0 bridgehead atoms. The Bertz CT molecular complexity index is 278. The van der Waals surface area contributed by atoms with Crippen LogP contribution in [0.1, 0.15) is 40.5 Å². The second-order valence-corrected chi connectivity index (χ2v) is 5.43. The third kappa shape index (κ3) is 2.80. The van der Waals surface area contributed by atoms with Crippen molar-refractivity contribution in [3.05, 3.63) is 0 Å². The second-order valence-electron chi connectivity index (χ2n) is 5.43. The van der Waals surface area contributed by atoms with E-state index in [9.17, 15) is 4.79 Å². The molecule has 0 aromatic heterocycles. The van der Waals surface area contributed by atoms with Gasteiger partial charge in [-0.2, -0.15) is 0 Å². The van der Waals surface area contributed by atoms with Crippen LogP contribution in [0.4, 0.5) is 0 Å². The molecular weight excluding hydrogens is 218 g/mol. The van der Waals surface area contributed by atoms with Gasteiger partial charge in [-0.15, -0.1) is 0 Å². The van der Waals surface area contributed by atoms with Crippen LogP contribution in [-0.2, 0) is 14.3 Å². The zero-order valence-electron chi connectivity index (χ0n) is 11.6. The average Bonchev–Trinajstić information content (AvgIpc) is 2.28. The molecule has 0 heterocycles. The van der Waals surface area contributed by atoms with Crippen LogP contribution in [0.15, 0.2) is 0 Å². The number of ether oxygens (including phenoxy) is 2. The number of amides is 1. The summed E-state index contributed by atoms with van der Waals surface area (Å²) in [6.07, 6.45) is 1.31. The predicted octanol–water partition coefficient (Wildman–Crippen LogP) is 1.73. The smallest absolute Gasteiger partial charge is 0.222 e. The maximum Gasteiger partial charge on any atom is 0.222 e. The fraction of sp³-hybridized carbons (Fsp3) is 0.923. The van der Waals surface area contributed by atoms with Gasteiger partial charge < -0.3 is 14.8 Å². The lowest BCUT2D eigenvalue weighted by atomic mass is 9.56. The van der Waals surface area contributed by atoms with Crippen molar-refractivity contribution < 1.29 is 14.3 Å². The summed E-state index contributed by atoms with van der Waals surface area (Å²) in [6, 6.07) is 0.196. The maximum atomic E-state index is 11.7. The Labute approximate surface area is 104 Å². The fourth-order valence-electron chi connectivity index (χ4n) is 2.30. The maximum absolute atomic E-state index is 11.7. The molecule has 1 N–H and O–H groups in total. The Hall–Kier alpha value is -0.610. The van der Waals surface area contributed by atoms with Gasteiger partial charge in [0.2, 0.25) is 5.91 Å². The second kappa shape index (κ2) is 5.36. The lowest BCUT2D eigenvalue weighted by Crippen LogP contribution is -2.68. The van der Waals surface area contributed by atoms with Gasteiger partial charge in [-0.05, 0) is 20.3 Å². The molecule has 0 aromatic rings. The highest BCUT2D eigenvalue weighted by Crippen LogP contribution is 2.51. The first kappa shape index (κ1) is 14.5. The summed E-state index contributed by atoms with van der Waals surface area (Å²) >= 11 is 0.